The summed E-state index contributed by atoms with van der Waals surface area (Å²) >= 11 is 0. The van der Waals surface area contributed by atoms with Crippen LogP contribution in [-0.4, -0.2) is 49.9 Å². The number of hydrogen-bond donors (Lipinski definition) is 3. The molecule has 3 aliphatic carbocycles. The number of nitrogens with two attached hydrogens (primary N) is 1. The molecule has 1 saturated heterocycles. The zero-order valence-electron chi connectivity index (χ0n) is 26.0. The van der Waals surface area contributed by atoms with Crippen LogP contribution in [0.1, 0.15) is 58.5 Å². The fourth-order valence-corrected chi connectivity index (χ4v) is 6.75. The van der Waals surface area contributed by atoms with Crippen molar-refractivity contribution >= 4 is 39.4 Å². The van der Waals surface area contributed by atoms with Gasteiger partial charge in [-0.15, -0.1) is 0 Å². The molecule has 2 unspecified atom stereocenters. The molecule has 266 valence electrons. The highest BCUT2D eigenvalue weighted by Crippen LogP contribution is 2.43. The van der Waals surface area contributed by atoms with Crippen molar-refractivity contribution in [2.24, 2.45) is 11.7 Å². The van der Waals surface area contributed by atoms with E-state index in [9.17, 15) is 41.8 Å². The summed E-state index contributed by atoms with van der Waals surface area (Å²) in [6, 6.07) is -0.642. The van der Waals surface area contributed by atoms with E-state index in [2.05, 4.69) is 0 Å². The minimum absolute atomic E-state index is 0.0676. The molecule has 4 aromatic rings. The number of nitrogens with zero attached hydrogens (tertiary/aromatic N) is 3. The number of rotatable bonds is 5. The van der Waals surface area contributed by atoms with E-state index < -0.39 is 108 Å². The summed E-state index contributed by atoms with van der Waals surface area (Å²) in [7, 11) is 0. The van der Waals surface area contributed by atoms with Crippen molar-refractivity contribution in [2.45, 2.75) is 43.3 Å². The van der Waals surface area contributed by atoms with Gasteiger partial charge in [0.05, 0.1) is 27.3 Å². The fourth-order valence-electron chi connectivity index (χ4n) is 6.75. The first kappa shape index (κ1) is 34.0. The molecule has 3 heterocycles. The normalized spacial score (nSPS) is 20.9. The van der Waals surface area contributed by atoms with Crippen LogP contribution in [0.25, 0.3) is 21.8 Å². The van der Waals surface area contributed by atoms with Gasteiger partial charge in [-0.3, -0.25) is 9.59 Å². The van der Waals surface area contributed by atoms with Gasteiger partial charge in [0, 0.05) is 43.5 Å². The minimum Gasteiger partial charge on any atom is -0.477 e. The van der Waals surface area contributed by atoms with E-state index in [1.165, 1.54) is 9.47 Å². The number of aromatic carboxylic acids is 2. The molecule has 0 radical (unpaired) electrons. The summed E-state index contributed by atoms with van der Waals surface area (Å²) in [5, 5.41) is 16.3. The van der Waals surface area contributed by atoms with Crippen LogP contribution in [-0.2, 0) is 0 Å². The molecule has 2 aromatic heterocycles. The first-order valence-corrected chi connectivity index (χ1v) is 15.6. The molecule has 1 aliphatic heterocycles. The third kappa shape index (κ3) is 5.28. The smallest absolute Gasteiger partial charge is 0.341 e. The number of aromatic nitrogens is 2. The summed E-state index contributed by atoms with van der Waals surface area (Å²) in [5.74, 6) is -15.3. The van der Waals surface area contributed by atoms with Crippen molar-refractivity contribution < 1.29 is 50.5 Å². The number of hydrogen-bond acceptors (Lipinski definition) is 6. The van der Waals surface area contributed by atoms with Gasteiger partial charge in [0.25, 0.3) is 0 Å². The highest BCUT2D eigenvalue weighted by molar-refractivity contribution is 5.95. The van der Waals surface area contributed by atoms with E-state index in [0.29, 0.717) is 25.7 Å². The Bertz CT molecular complexity index is 2420. The lowest BCUT2D eigenvalue weighted by atomic mass is 9.85. The van der Waals surface area contributed by atoms with Gasteiger partial charge in [0.2, 0.25) is 10.9 Å². The molecule has 8 rings (SSSR count). The number of carbonyl (C=O) groups is 2. The maximum absolute atomic E-state index is 15.7. The third-order valence-corrected chi connectivity index (χ3v) is 9.60. The zero-order chi connectivity index (χ0) is 36.8. The van der Waals surface area contributed by atoms with Crippen LogP contribution >= 0.6 is 0 Å². The summed E-state index contributed by atoms with van der Waals surface area (Å²) in [4.78, 5) is 48.3. The van der Waals surface area contributed by atoms with Crippen molar-refractivity contribution in [3.8, 4) is 0 Å². The van der Waals surface area contributed by atoms with Gasteiger partial charge in [0.15, 0.2) is 40.7 Å². The van der Waals surface area contributed by atoms with Crippen LogP contribution < -0.4 is 21.5 Å². The number of allylic oxidation sites excluding steroid dienone is 2. The van der Waals surface area contributed by atoms with Gasteiger partial charge < -0.3 is 30.0 Å². The van der Waals surface area contributed by atoms with Crippen molar-refractivity contribution in [3.63, 3.8) is 0 Å². The number of pyridine rings is 2. The molecule has 4 N–H and O–H groups in total. The largest absolute Gasteiger partial charge is 0.477 e. The highest BCUT2D eigenvalue weighted by Gasteiger charge is 2.44. The van der Waals surface area contributed by atoms with Crippen LogP contribution in [0.3, 0.4) is 0 Å². The second-order valence-corrected chi connectivity index (χ2v) is 13.0. The molecule has 51 heavy (non-hydrogen) atoms. The number of halogens is 7. The average molecular weight is 719 g/mol. The van der Waals surface area contributed by atoms with Crippen LogP contribution in [0, 0.1) is 46.6 Å². The summed E-state index contributed by atoms with van der Waals surface area (Å²) < 4.78 is 102. The second kappa shape index (κ2) is 11.8. The molecule has 0 spiro atoms. The van der Waals surface area contributed by atoms with Gasteiger partial charge in [-0.2, -0.15) is 0 Å². The fraction of sp³-hybridized carbons (Fsp3) is 0.294. The van der Waals surface area contributed by atoms with Crippen molar-refractivity contribution in [1.29, 1.82) is 0 Å². The first-order chi connectivity index (χ1) is 24.1. The molecule has 4 aliphatic rings. The number of carboxylic acids is 2. The lowest BCUT2D eigenvalue weighted by molar-refractivity contribution is 0.0684. The second-order valence-electron chi connectivity index (χ2n) is 13.0. The van der Waals surface area contributed by atoms with E-state index in [0.717, 1.165) is 17.0 Å². The summed E-state index contributed by atoms with van der Waals surface area (Å²) in [6.07, 6.45) is 11.3. The molecular weight excluding hydrogens is 693 g/mol. The van der Waals surface area contributed by atoms with Crippen LogP contribution in [0.2, 0.25) is 0 Å². The van der Waals surface area contributed by atoms with Crippen molar-refractivity contribution in [1.82, 2.24) is 9.13 Å². The number of benzene rings is 2. The van der Waals surface area contributed by atoms with Gasteiger partial charge in [0.1, 0.15) is 16.8 Å². The number of fused-ring (bicyclic) bond motifs is 3. The Morgan fingerprint density at radius 2 is 1.16 bits per heavy atom. The van der Waals surface area contributed by atoms with Crippen molar-refractivity contribution in [3.05, 3.63) is 109 Å². The Balaban J connectivity index is 0.000000170. The molecule has 17 heteroatoms. The Morgan fingerprint density at radius 3 is 1.63 bits per heavy atom. The van der Waals surface area contributed by atoms with Gasteiger partial charge in [-0.05, 0) is 25.7 Å². The van der Waals surface area contributed by atoms with E-state index in [1.54, 1.807) is 18.2 Å². The Hall–Kier alpha value is -5.45. The zero-order valence-corrected chi connectivity index (χ0v) is 26.0. The minimum atomic E-state index is -2.14. The lowest BCUT2D eigenvalue weighted by Gasteiger charge is -2.27. The van der Waals surface area contributed by atoms with Crippen LogP contribution in [0.5, 0.6) is 0 Å². The highest BCUT2D eigenvalue weighted by atomic mass is 19.2. The van der Waals surface area contributed by atoms with Crippen molar-refractivity contribution in [2.75, 3.05) is 18.0 Å². The maximum atomic E-state index is 15.7. The van der Waals surface area contributed by atoms with Gasteiger partial charge in [-0.25, -0.2) is 40.3 Å². The lowest BCUT2D eigenvalue weighted by Crippen LogP contribution is -2.46. The maximum Gasteiger partial charge on any atom is 0.341 e. The van der Waals surface area contributed by atoms with E-state index in [4.69, 9.17) is 10.8 Å². The Kier molecular flexibility index (Phi) is 7.88. The molecule has 3 fully saturated rings. The summed E-state index contributed by atoms with van der Waals surface area (Å²) in [5.41, 5.74) is -0.383. The van der Waals surface area contributed by atoms with Gasteiger partial charge in [-0.1, -0.05) is 24.3 Å². The number of carboxylic acid groups (broad SMARTS) is 2. The quantitative estimate of drug-likeness (QED) is 0.143. The first-order valence-electron chi connectivity index (χ1n) is 15.6. The molecule has 0 bridgehead atoms. The van der Waals surface area contributed by atoms with Gasteiger partial charge >= 0.3 is 11.9 Å². The molecule has 2 aromatic carbocycles. The predicted molar refractivity (Wildman–Crippen MR) is 167 cm³/mol. The SMILES string of the molecule is NC12C=CC=CC1CN(c1c(F)c(F)c3c(=O)c(C(=O)O)cn(C4CC4)c3c1F)C2.O=C(O)c1cn(C2CC2)c2c(F)c(F)c(F)c(F)c2c1=O. The average Bonchev–Trinajstić information content (AvgIpc) is 4.02. The van der Waals surface area contributed by atoms with E-state index in [-0.39, 0.29) is 31.1 Å². The van der Waals surface area contributed by atoms with E-state index >= 15 is 13.2 Å². The molecular formula is C34H25F7N4O6. The van der Waals surface area contributed by atoms with E-state index in [1.807, 2.05) is 6.08 Å². The predicted octanol–water partition coefficient (Wildman–Crippen LogP) is 5.30. The molecule has 2 saturated carbocycles. The standard InChI is InChI=1S/C21H18F3N3O3.C13H7F4NO3/c22-14-13-17(27(11-4-5-11)8-12(19(13)28)20(29)30)16(24)18(15(14)23)26-7-10-3-1-2-6-21(10,25)9-26;14-7-6-11(10(17)9(16)8(7)15)18(4-1-2-4)3-5(12(6)19)13(20)21/h1-3,6,8,10-11H,4-5,7,9,25H2,(H,29,30);3-4H,1-2H2,(H,20,21). The third-order valence-electron chi connectivity index (χ3n) is 9.60. The summed E-state index contributed by atoms with van der Waals surface area (Å²) in [6.45, 7) is 0.245. The number of anilines is 1. The van der Waals surface area contributed by atoms with Crippen LogP contribution in [0.15, 0.2) is 46.3 Å². The monoisotopic (exact) mass is 718 g/mol. The molecule has 2 atom stereocenters. The Labute approximate surface area is 281 Å². The topological polar surface area (TPSA) is 148 Å². The Morgan fingerprint density at radius 1 is 0.686 bits per heavy atom. The molecule has 0 amide bonds. The molecule has 10 nitrogen and oxygen atoms in total. The van der Waals surface area contributed by atoms with Crippen LogP contribution in [0.4, 0.5) is 36.4 Å².